The van der Waals surface area contributed by atoms with Crippen LogP contribution in [0.3, 0.4) is 0 Å². The van der Waals surface area contributed by atoms with E-state index in [9.17, 15) is 9.59 Å². The number of likely N-dealkylation sites (tertiary alicyclic amines) is 1. The van der Waals surface area contributed by atoms with Crippen LogP contribution in [0.25, 0.3) is 0 Å². The molecule has 1 saturated heterocycles. The lowest BCUT2D eigenvalue weighted by Crippen LogP contribution is -2.41. The maximum absolute atomic E-state index is 11.5. The average molecular weight is 206 g/mol. The van der Waals surface area contributed by atoms with Gasteiger partial charge in [-0.2, -0.15) is 0 Å². The fourth-order valence-electron chi connectivity index (χ4n) is 1.80. The lowest BCUT2D eigenvalue weighted by atomic mass is 10.1. The van der Waals surface area contributed by atoms with Crippen LogP contribution in [0.5, 0.6) is 0 Å². The minimum atomic E-state index is -0.0261. The van der Waals surface area contributed by atoms with Gasteiger partial charge in [0.2, 0.25) is 11.8 Å². The maximum atomic E-state index is 11.5. The molecule has 0 aliphatic carbocycles. The summed E-state index contributed by atoms with van der Waals surface area (Å²) in [7, 11) is 0. The zero-order valence-electron chi connectivity index (χ0n) is 8.53. The SMILES string of the molecule is O=C1CCCC(=O)N1CCc1cc[nH]c1. The second-order valence-electron chi connectivity index (χ2n) is 3.76. The van der Waals surface area contributed by atoms with Crippen molar-refractivity contribution in [3.05, 3.63) is 24.0 Å². The number of hydrogen-bond donors (Lipinski definition) is 1. The van der Waals surface area contributed by atoms with Crippen LogP contribution in [0.2, 0.25) is 0 Å². The second-order valence-corrected chi connectivity index (χ2v) is 3.76. The van der Waals surface area contributed by atoms with Crippen molar-refractivity contribution in [2.75, 3.05) is 6.54 Å². The number of nitrogens with zero attached hydrogens (tertiary/aromatic N) is 1. The first kappa shape index (κ1) is 9.96. The molecule has 0 unspecified atom stereocenters. The highest BCUT2D eigenvalue weighted by molar-refractivity contribution is 5.97. The van der Waals surface area contributed by atoms with Crippen LogP contribution in [-0.4, -0.2) is 28.2 Å². The van der Waals surface area contributed by atoms with Gasteiger partial charge in [0.25, 0.3) is 0 Å². The lowest BCUT2D eigenvalue weighted by Gasteiger charge is -2.24. The van der Waals surface area contributed by atoms with Gasteiger partial charge >= 0.3 is 0 Å². The molecule has 15 heavy (non-hydrogen) atoms. The van der Waals surface area contributed by atoms with Gasteiger partial charge in [-0.05, 0) is 24.5 Å². The molecular formula is C11H14N2O2. The molecule has 2 heterocycles. The molecule has 1 N–H and O–H groups in total. The van der Waals surface area contributed by atoms with Gasteiger partial charge in [-0.15, -0.1) is 0 Å². The maximum Gasteiger partial charge on any atom is 0.229 e. The second kappa shape index (κ2) is 4.29. The number of imide groups is 1. The summed E-state index contributed by atoms with van der Waals surface area (Å²) in [5, 5.41) is 0. The summed E-state index contributed by atoms with van der Waals surface area (Å²) in [5.74, 6) is -0.0522. The van der Waals surface area contributed by atoms with Crippen LogP contribution in [0.1, 0.15) is 24.8 Å². The lowest BCUT2D eigenvalue weighted by molar-refractivity contribution is -0.147. The Bertz CT molecular complexity index is 341. The Labute approximate surface area is 88.3 Å². The third-order valence-electron chi connectivity index (χ3n) is 2.67. The zero-order valence-corrected chi connectivity index (χ0v) is 8.53. The Morgan fingerprint density at radius 1 is 1.27 bits per heavy atom. The third-order valence-corrected chi connectivity index (χ3v) is 2.67. The number of piperidine rings is 1. The minimum absolute atomic E-state index is 0.0261. The molecule has 1 aromatic rings. The molecule has 0 radical (unpaired) electrons. The molecule has 2 rings (SSSR count). The van der Waals surface area contributed by atoms with Gasteiger partial charge in [0.1, 0.15) is 0 Å². The zero-order chi connectivity index (χ0) is 10.7. The molecule has 4 heteroatoms. The number of aromatic amines is 1. The summed E-state index contributed by atoms with van der Waals surface area (Å²) in [5.41, 5.74) is 1.13. The first-order valence-electron chi connectivity index (χ1n) is 5.22. The number of hydrogen-bond acceptors (Lipinski definition) is 2. The molecule has 1 aliphatic rings. The molecule has 0 atom stereocenters. The van der Waals surface area contributed by atoms with Crippen LogP contribution in [-0.2, 0) is 16.0 Å². The van der Waals surface area contributed by atoms with Crippen molar-refractivity contribution < 1.29 is 9.59 Å². The van der Waals surface area contributed by atoms with E-state index >= 15 is 0 Å². The number of carbonyl (C=O) groups is 2. The fraction of sp³-hybridized carbons (Fsp3) is 0.455. The van der Waals surface area contributed by atoms with Gasteiger partial charge < -0.3 is 4.98 Å². The van der Waals surface area contributed by atoms with Crippen molar-refractivity contribution in [1.82, 2.24) is 9.88 Å². The number of rotatable bonds is 3. The Kier molecular flexibility index (Phi) is 2.85. The molecule has 1 aliphatic heterocycles. The van der Waals surface area contributed by atoms with Crippen LogP contribution < -0.4 is 0 Å². The molecule has 0 spiro atoms. The smallest absolute Gasteiger partial charge is 0.229 e. The molecule has 0 aromatic carbocycles. The Morgan fingerprint density at radius 3 is 2.60 bits per heavy atom. The van der Waals surface area contributed by atoms with Crippen molar-refractivity contribution in [3.8, 4) is 0 Å². The van der Waals surface area contributed by atoms with E-state index in [1.807, 2.05) is 18.5 Å². The van der Waals surface area contributed by atoms with Crippen molar-refractivity contribution in [1.29, 1.82) is 0 Å². The van der Waals surface area contributed by atoms with Crippen LogP contribution in [0, 0.1) is 0 Å². The third kappa shape index (κ3) is 2.26. The van der Waals surface area contributed by atoms with E-state index in [2.05, 4.69) is 4.98 Å². The first-order valence-corrected chi connectivity index (χ1v) is 5.22. The van der Waals surface area contributed by atoms with E-state index in [0.29, 0.717) is 25.8 Å². The normalized spacial score (nSPS) is 17.2. The summed E-state index contributed by atoms with van der Waals surface area (Å²) < 4.78 is 0. The first-order chi connectivity index (χ1) is 7.27. The number of carbonyl (C=O) groups excluding carboxylic acids is 2. The molecule has 80 valence electrons. The van der Waals surface area contributed by atoms with Gasteiger partial charge in [-0.1, -0.05) is 0 Å². The van der Waals surface area contributed by atoms with E-state index in [1.165, 1.54) is 4.90 Å². The Balaban J connectivity index is 1.92. The van der Waals surface area contributed by atoms with Gasteiger partial charge in [0.15, 0.2) is 0 Å². The number of nitrogens with one attached hydrogen (secondary N) is 1. The van der Waals surface area contributed by atoms with Crippen LogP contribution in [0.4, 0.5) is 0 Å². The molecular weight excluding hydrogens is 192 g/mol. The molecule has 1 fully saturated rings. The highest BCUT2D eigenvalue weighted by Gasteiger charge is 2.25. The standard InChI is InChI=1S/C11H14N2O2/c14-10-2-1-3-11(15)13(10)7-5-9-4-6-12-8-9/h4,6,8,12H,1-3,5,7H2. The van der Waals surface area contributed by atoms with Crippen molar-refractivity contribution in [2.24, 2.45) is 0 Å². The summed E-state index contributed by atoms with van der Waals surface area (Å²) in [6, 6.07) is 1.96. The summed E-state index contributed by atoms with van der Waals surface area (Å²) in [6.45, 7) is 0.509. The van der Waals surface area contributed by atoms with Crippen molar-refractivity contribution in [2.45, 2.75) is 25.7 Å². The summed E-state index contributed by atoms with van der Waals surface area (Å²) in [6.07, 6.45) is 6.20. The highest BCUT2D eigenvalue weighted by atomic mass is 16.2. The molecule has 2 amide bonds. The van der Waals surface area contributed by atoms with Gasteiger partial charge in [0.05, 0.1) is 0 Å². The van der Waals surface area contributed by atoms with Gasteiger partial charge in [-0.25, -0.2) is 0 Å². The summed E-state index contributed by atoms with van der Waals surface area (Å²) >= 11 is 0. The number of H-pyrrole nitrogens is 1. The Hall–Kier alpha value is -1.58. The highest BCUT2D eigenvalue weighted by Crippen LogP contribution is 2.12. The molecule has 0 saturated carbocycles. The van der Waals surface area contributed by atoms with Crippen molar-refractivity contribution in [3.63, 3.8) is 0 Å². The predicted molar refractivity (Wildman–Crippen MR) is 55.1 cm³/mol. The van der Waals surface area contributed by atoms with E-state index in [0.717, 1.165) is 12.0 Å². The molecule has 4 nitrogen and oxygen atoms in total. The van der Waals surface area contributed by atoms with Crippen LogP contribution >= 0.6 is 0 Å². The Morgan fingerprint density at radius 2 is 2.00 bits per heavy atom. The largest absolute Gasteiger partial charge is 0.367 e. The quantitative estimate of drug-likeness (QED) is 0.753. The monoisotopic (exact) mass is 206 g/mol. The summed E-state index contributed by atoms with van der Waals surface area (Å²) in [4.78, 5) is 27.3. The predicted octanol–water partition coefficient (Wildman–Crippen LogP) is 1.10. The van der Waals surface area contributed by atoms with Crippen molar-refractivity contribution >= 4 is 11.8 Å². The van der Waals surface area contributed by atoms with Gasteiger partial charge in [0, 0.05) is 31.8 Å². The van der Waals surface area contributed by atoms with E-state index in [4.69, 9.17) is 0 Å². The van der Waals surface area contributed by atoms with Gasteiger partial charge in [-0.3, -0.25) is 14.5 Å². The molecule has 0 bridgehead atoms. The number of aromatic nitrogens is 1. The number of amides is 2. The fourth-order valence-corrected chi connectivity index (χ4v) is 1.80. The average Bonchev–Trinajstić information content (AvgIpc) is 2.70. The van der Waals surface area contributed by atoms with E-state index in [1.54, 1.807) is 0 Å². The molecule has 1 aromatic heterocycles. The minimum Gasteiger partial charge on any atom is -0.367 e. The van der Waals surface area contributed by atoms with E-state index in [-0.39, 0.29) is 11.8 Å². The van der Waals surface area contributed by atoms with E-state index < -0.39 is 0 Å². The van der Waals surface area contributed by atoms with Crippen LogP contribution in [0.15, 0.2) is 18.5 Å². The topological polar surface area (TPSA) is 53.2 Å².